The molecule has 0 radical (unpaired) electrons. The lowest BCUT2D eigenvalue weighted by Gasteiger charge is -2.17. The monoisotopic (exact) mass is 272 g/mol. The molecule has 2 aromatic rings. The highest BCUT2D eigenvalue weighted by atomic mass is 28.4. The Labute approximate surface area is 115 Å². The van der Waals surface area contributed by atoms with Gasteiger partial charge in [-0.3, -0.25) is 0 Å². The number of aryl methyl sites for hydroxylation is 2. The summed E-state index contributed by atoms with van der Waals surface area (Å²) >= 11 is 0. The van der Waals surface area contributed by atoms with E-state index in [4.69, 9.17) is 0 Å². The van der Waals surface area contributed by atoms with Crippen molar-refractivity contribution in [2.24, 2.45) is 0 Å². The van der Waals surface area contributed by atoms with E-state index in [0.717, 1.165) is 12.8 Å². The highest BCUT2D eigenvalue weighted by Gasteiger charge is 2.28. The van der Waals surface area contributed by atoms with E-state index in [1.54, 1.807) is 0 Å². The van der Waals surface area contributed by atoms with Crippen LogP contribution < -0.4 is 0 Å². The van der Waals surface area contributed by atoms with E-state index >= 15 is 0 Å². The van der Waals surface area contributed by atoms with Crippen LogP contribution in [-0.4, -0.2) is 18.2 Å². The molecule has 2 nitrogen and oxygen atoms in total. The summed E-state index contributed by atoms with van der Waals surface area (Å²) in [4.78, 5) is 20.3. The van der Waals surface area contributed by atoms with Crippen LogP contribution in [-0.2, 0) is 12.8 Å². The second-order valence-electron chi connectivity index (χ2n) is 4.95. The predicted octanol–water partition coefficient (Wildman–Crippen LogP) is 2.90. The van der Waals surface area contributed by atoms with Gasteiger partial charge in [-0.05, 0) is 36.1 Å². The third-order valence-corrected chi connectivity index (χ3v) is 5.42. The quantitative estimate of drug-likeness (QED) is 0.794. The fraction of sp³-hybridized carbons (Fsp3) is 0.250. The van der Waals surface area contributed by atoms with Crippen molar-refractivity contribution in [3.8, 4) is 0 Å². The molecule has 0 fully saturated rings. The lowest BCUT2D eigenvalue weighted by molar-refractivity contribution is 0.357. The normalized spacial score (nSPS) is 11.5. The Bertz CT molecular complexity index is 437. The van der Waals surface area contributed by atoms with Gasteiger partial charge in [0.25, 0.3) is 0 Å². The molecular formula is C16H20O2Si. The van der Waals surface area contributed by atoms with Crippen LogP contribution in [0.1, 0.15) is 11.1 Å². The van der Waals surface area contributed by atoms with Gasteiger partial charge in [-0.25, -0.2) is 0 Å². The topological polar surface area (TPSA) is 40.5 Å². The number of rotatable bonds is 6. The fourth-order valence-electron chi connectivity index (χ4n) is 2.10. The number of hydrogen-bond donors (Lipinski definition) is 2. The molecule has 2 aromatic carbocycles. The molecule has 3 heteroatoms. The summed E-state index contributed by atoms with van der Waals surface area (Å²) in [6.45, 7) is 0. The van der Waals surface area contributed by atoms with Crippen LogP contribution in [0.25, 0.3) is 0 Å². The van der Waals surface area contributed by atoms with Crippen molar-refractivity contribution < 1.29 is 9.59 Å². The summed E-state index contributed by atoms with van der Waals surface area (Å²) < 4.78 is 0. The third-order valence-electron chi connectivity index (χ3n) is 3.31. The zero-order chi connectivity index (χ0) is 13.6. The van der Waals surface area contributed by atoms with Gasteiger partial charge in [0, 0.05) is 0 Å². The molecule has 0 aliphatic carbocycles. The van der Waals surface area contributed by atoms with Crippen molar-refractivity contribution in [2.45, 2.75) is 24.9 Å². The van der Waals surface area contributed by atoms with Gasteiger partial charge in [-0.1, -0.05) is 60.7 Å². The molecule has 0 saturated heterocycles. The SMILES string of the molecule is O[Si](O)(CCc1ccccc1)CCc1ccccc1. The molecule has 0 amide bonds. The molecule has 0 bridgehead atoms. The summed E-state index contributed by atoms with van der Waals surface area (Å²) in [5.74, 6) is 0. The summed E-state index contributed by atoms with van der Waals surface area (Å²) in [6, 6.07) is 21.0. The van der Waals surface area contributed by atoms with E-state index in [-0.39, 0.29) is 0 Å². The van der Waals surface area contributed by atoms with Gasteiger partial charge in [-0.2, -0.15) is 0 Å². The Morgan fingerprint density at radius 2 is 1.00 bits per heavy atom. The van der Waals surface area contributed by atoms with Gasteiger partial charge in [0.1, 0.15) is 0 Å². The third kappa shape index (κ3) is 4.99. The maximum absolute atomic E-state index is 10.1. The molecule has 0 aliphatic heterocycles. The van der Waals surface area contributed by atoms with Gasteiger partial charge in [-0.15, -0.1) is 0 Å². The maximum Gasteiger partial charge on any atom is 0.333 e. The summed E-state index contributed by atoms with van der Waals surface area (Å²) in [5.41, 5.74) is 2.34. The molecule has 0 aromatic heterocycles. The summed E-state index contributed by atoms with van der Waals surface area (Å²) in [5, 5.41) is 0. The van der Waals surface area contributed by atoms with Crippen LogP contribution in [0.3, 0.4) is 0 Å². The van der Waals surface area contributed by atoms with Crippen molar-refractivity contribution in [2.75, 3.05) is 0 Å². The van der Waals surface area contributed by atoms with Crippen LogP contribution in [0.2, 0.25) is 12.1 Å². The van der Waals surface area contributed by atoms with Crippen molar-refractivity contribution in [3.05, 3.63) is 71.8 Å². The molecule has 0 atom stereocenters. The van der Waals surface area contributed by atoms with E-state index in [1.165, 1.54) is 11.1 Å². The minimum Gasteiger partial charge on any atom is -0.411 e. The molecular weight excluding hydrogens is 252 g/mol. The largest absolute Gasteiger partial charge is 0.411 e. The van der Waals surface area contributed by atoms with E-state index < -0.39 is 8.56 Å². The average molecular weight is 272 g/mol. The van der Waals surface area contributed by atoms with Crippen molar-refractivity contribution in [3.63, 3.8) is 0 Å². The maximum atomic E-state index is 10.1. The standard InChI is InChI=1S/C16H20O2Si/c17-19(18,13-11-15-7-3-1-4-8-15)14-12-16-9-5-2-6-10-16/h1-10,17-18H,11-14H2. The first kappa shape index (κ1) is 14.0. The Hall–Kier alpha value is -1.42. The Morgan fingerprint density at radius 1 is 0.632 bits per heavy atom. The molecule has 2 rings (SSSR count). The van der Waals surface area contributed by atoms with Crippen molar-refractivity contribution in [1.82, 2.24) is 0 Å². The first-order chi connectivity index (χ1) is 9.16. The van der Waals surface area contributed by atoms with Gasteiger partial charge in [0.15, 0.2) is 0 Å². The Kier molecular flexibility index (Phi) is 4.91. The van der Waals surface area contributed by atoms with Gasteiger partial charge < -0.3 is 9.59 Å². The lowest BCUT2D eigenvalue weighted by Crippen LogP contribution is -2.35. The highest BCUT2D eigenvalue weighted by molar-refractivity contribution is 6.64. The zero-order valence-electron chi connectivity index (χ0n) is 11.0. The first-order valence-electron chi connectivity index (χ1n) is 6.68. The van der Waals surface area contributed by atoms with Crippen molar-refractivity contribution in [1.29, 1.82) is 0 Å². The van der Waals surface area contributed by atoms with Crippen LogP contribution in [0, 0.1) is 0 Å². The first-order valence-corrected chi connectivity index (χ1v) is 8.99. The van der Waals surface area contributed by atoms with Crippen LogP contribution in [0.5, 0.6) is 0 Å². The second-order valence-corrected chi connectivity index (χ2v) is 7.92. The van der Waals surface area contributed by atoms with Gasteiger partial charge in [0.05, 0.1) is 0 Å². The molecule has 100 valence electrons. The fourth-order valence-corrected chi connectivity index (χ4v) is 3.73. The highest BCUT2D eigenvalue weighted by Crippen LogP contribution is 2.16. The van der Waals surface area contributed by atoms with Gasteiger partial charge >= 0.3 is 8.56 Å². The minimum absolute atomic E-state index is 0.504. The van der Waals surface area contributed by atoms with E-state index in [9.17, 15) is 9.59 Å². The van der Waals surface area contributed by atoms with Crippen LogP contribution in [0.4, 0.5) is 0 Å². The number of benzene rings is 2. The second kappa shape index (κ2) is 6.66. The Morgan fingerprint density at radius 3 is 1.37 bits per heavy atom. The molecule has 0 spiro atoms. The Balaban J connectivity index is 1.82. The number of hydrogen-bond acceptors (Lipinski definition) is 2. The van der Waals surface area contributed by atoms with E-state index in [0.29, 0.717) is 12.1 Å². The van der Waals surface area contributed by atoms with E-state index in [1.807, 2.05) is 60.7 Å². The predicted molar refractivity (Wildman–Crippen MR) is 80.1 cm³/mol. The molecule has 0 saturated carbocycles. The molecule has 2 N–H and O–H groups in total. The average Bonchev–Trinajstić information content (AvgIpc) is 2.46. The molecule has 19 heavy (non-hydrogen) atoms. The van der Waals surface area contributed by atoms with E-state index in [2.05, 4.69) is 0 Å². The van der Waals surface area contributed by atoms with Crippen LogP contribution >= 0.6 is 0 Å². The molecule has 0 heterocycles. The molecule has 0 aliphatic rings. The smallest absolute Gasteiger partial charge is 0.333 e. The van der Waals surface area contributed by atoms with Crippen molar-refractivity contribution >= 4 is 8.56 Å². The minimum atomic E-state index is -3.07. The van der Waals surface area contributed by atoms with Gasteiger partial charge in [0.2, 0.25) is 0 Å². The summed E-state index contributed by atoms with van der Waals surface area (Å²) in [6.07, 6.45) is 1.49. The molecule has 0 unspecified atom stereocenters. The van der Waals surface area contributed by atoms with Crippen LogP contribution in [0.15, 0.2) is 60.7 Å². The summed E-state index contributed by atoms with van der Waals surface area (Å²) in [7, 11) is -3.07. The zero-order valence-corrected chi connectivity index (χ0v) is 12.0. The lowest BCUT2D eigenvalue weighted by atomic mass is 10.2.